The van der Waals surface area contributed by atoms with Crippen LogP contribution in [0.4, 0.5) is 0 Å². The predicted octanol–water partition coefficient (Wildman–Crippen LogP) is 9.97. The molecule has 1 fully saturated rings. The number of hydrogen-bond donors (Lipinski definition) is 6. The van der Waals surface area contributed by atoms with E-state index >= 15 is 0 Å². The number of carbonyl (C=O) groups is 1. The highest BCUT2D eigenvalue weighted by atomic mass is 31.2. The van der Waals surface area contributed by atoms with Crippen LogP contribution < -0.4 is 0 Å². The van der Waals surface area contributed by atoms with Crippen molar-refractivity contribution < 1.29 is 58.3 Å². The summed E-state index contributed by atoms with van der Waals surface area (Å²) in [7, 11) is -5.04. The van der Waals surface area contributed by atoms with Crippen LogP contribution in [0.1, 0.15) is 168 Å². The Kier molecular flexibility index (Phi) is 36.5. The van der Waals surface area contributed by atoms with Crippen molar-refractivity contribution in [3.63, 3.8) is 0 Å². The van der Waals surface area contributed by atoms with E-state index < -0.39 is 63.1 Å². The van der Waals surface area contributed by atoms with Gasteiger partial charge in [0.2, 0.25) is 0 Å². The molecule has 0 heterocycles. The molecule has 0 aromatic heterocycles. The lowest BCUT2D eigenvalue weighted by molar-refractivity contribution is -0.220. The van der Waals surface area contributed by atoms with Crippen molar-refractivity contribution in [1.29, 1.82) is 0 Å². The summed E-state index contributed by atoms with van der Waals surface area (Å²) in [5.74, 6) is -0.506. The third-order valence-electron chi connectivity index (χ3n) is 10.6. The number of rotatable bonds is 39. The molecule has 6 atom stereocenters. The number of unbranched alkanes of at least 4 members (excludes halogenated alkanes) is 15. The minimum absolute atomic E-state index is 0.135. The summed E-state index contributed by atoms with van der Waals surface area (Å²) in [5, 5.41) is 50.2. The Bertz CT molecular complexity index is 1300. The molecule has 62 heavy (non-hydrogen) atoms. The van der Waals surface area contributed by atoms with Gasteiger partial charge in [-0.05, 0) is 70.6 Å². The summed E-state index contributed by atoms with van der Waals surface area (Å²) in [5.41, 5.74) is 0. The second-order valence-electron chi connectivity index (χ2n) is 16.2. The average molecular weight is 897 g/mol. The monoisotopic (exact) mass is 897 g/mol. The number of phosphoric acid groups is 1. The van der Waals surface area contributed by atoms with Crippen LogP contribution in [0.5, 0.6) is 0 Å². The van der Waals surface area contributed by atoms with Crippen LogP contribution in [-0.2, 0) is 27.9 Å². The third-order valence-corrected chi connectivity index (χ3v) is 11.6. The molecule has 6 N–H and O–H groups in total. The van der Waals surface area contributed by atoms with E-state index in [4.69, 9.17) is 18.5 Å². The van der Waals surface area contributed by atoms with Crippen molar-refractivity contribution in [1.82, 2.24) is 0 Å². The lowest BCUT2D eigenvalue weighted by atomic mass is 9.85. The number of esters is 1. The van der Waals surface area contributed by atoms with Crippen molar-refractivity contribution >= 4 is 13.8 Å². The van der Waals surface area contributed by atoms with Gasteiger partial charge in [-0.1, -0.05) is 164 Å². The quantitative estimate of drug-likeness (QED) is 0.0148. The molecule has 1 aliphatic rings. The molecule has 0 amide bonds. The number of aliphatic hydroxyl groups is 5. The highest BCUT2D eigenvalue weighted by molar-refractivity contribution is 7.47. The van der Waals surface area contributed by atoms with Gasteiger partial charge < -0.3 is 39.9 Å². The molecule has 0 aromatic rings. The number of ether oxygens (including phenoxy) is 2. The standard InChI is InChI=1S/C49H85O12P/c1-3-5-7-9-11-13-15-17-19-21-22-23-24-26-28-30-32-34-36-38-43(50)60-42(41-59-62(56,57)61-49-47(54)45(52)44(51)46(53)48(49)55)40-58-39-37-35-33-31-29-27-25-20-18-16-14-12-10-8-6-4-2/h6,8,12,14,17-20,27,29,33,35,42,44-49,51-55H,3-5,7,9-11,13,15-16,21-26,28,30-32,34,36-41H2,1-2H3,(H,56,57)/b8-6-,14-12-,19-17-,20-18-,29-27-,35-33-. The maximum absolute atomic E-state index is 12.8. The van der Waals surface area contributed by atoms with E-state index in [-0.39, 0.29) is 13.0 Å². The van der Waals surface area contributed by atoms with Gasteiger partial charge in [0, 0.05) is 6.42 Å². The lowest BCUT2D eigenvalue weighted by Crippen LogP contribution is -2.64. The largest absolute Gasteiger partial charge is 0.472 e. The molecular formula is C49H85O12P. The molecule has 0 bridgehead atoms. The van der Waals surface area contributed by atoms with E-state index in [1.807, 2.05) is 12.2 Å². The molecule has 1 saturated carbocycles. The fourth-order valence-corrected chi connectivity index (χ4v) is 7.80. The van der Waals surface area contributed by atoms with Gasteiger partial charge in [-0.3, -0.25) is 13.8 Å². The molecule has 12 nitrogen and oxygen atoms in total. The highest BCUT2D eigenvalue weighted by Gasteiger charge is 2.51. The third kappa shape index (κ3) is 30.8. The van der Waals surface area contributed by atoms with Gasteiger partial charge in [-0.2, -0.15) is 0 Å². The fourth-order valence-electron chi connectivity index (χ4n) is 6.83. The molecule has 6 unspecified atom stereocenters. The van der Waals surface area contributed by atoms with Gasteiger partial charge in [0.25, 0.3) is 0 Å². The van der Waals surface area contributed by atoms with Crippen LogP contribution in [0.2, 0.25) is 0 Å². The Morgan fingerprint density at radius 1 is 0.532 bits per heavy atom. The molecule has 0 radical (unpaired) electrons. The van der Waals surface area contributed by atoms with Crippen LogP contribution in [0, 0.1) is 0 Å². The maximum atomic E-state index is 12.8. The van der Waals surface area contributed by atoms with E-state index in [9.17, 15) is 39.8 Å². The molecule has 0 aromatic carbocycles. The van der Waals surface area contributed by atoms with Crippen molar-refractivity contribution in [3.05, 3.63) is 72.9 Å². The second kappa shape index (κ2) is 39.2. The molecule has 0 spiro atoms. The first-order valence-electron chi connectivity index (χ1n) is 23.8. The van der Waals surface area contributed by atoms with E-state index in [1.54, 1.807) is 0 Å². The van der Waals surface area contributed by atoms with Crippen LogP contribution >= 0.6 is 7.82 Å². The minimum Gasteiger partial charge on any atom is -0.457 e. The summed E-state index contributed by atoms with van der Waals surface area (Å²) < 4.78 is 34.1. The van der Waals surface area contributed by atoms with E-state index in [1.165, 1.54) is 83.5 Å². The molecule has 0 saturated heterocycles. The maximum Gasteiger partial charge on any atom is 0.472 e. The lowest BCUT2D eigenvalue weighted by Gasteiger charge is -2.41. The van der Waals surface area contributed by atoms with Crippen molar-refractivity contribution in [3.8, 4) is 0 Å². The van der Waals surface area contributed by atoms with E-state index in [2.05, 4.69) is 74.6 Å². The number of carbonyl (C=O) groups excluding carboxylic acids is 1. The van der Waals surface area contributed by atoms with Gasteiger partial charge in [0.05, 0.1) is 19.8 Å². The number of aliphatic hydroxyl groups excluding tert-OH is 5. The average Bonchev–Trinajstić information content (AvgIpc) is 3.26. The summed E-state index contributed by atoms with van der Waals surface area (Å²) in [6.07, 6.45) is 38.5. The Balaban J connectivity index is 2.43. The Morgan fingerprint density at radius 3 is 1.45 bits per heavy atom. The number of hydrogen-bond acceptors (Lipinski definition) is 11. The topological polar surface area (TPSA) is 192 Å². The first-order valence-corrected chi connectivity index (χ1v) is 25.3. The predicted molar refractivity (Wildman–Crippen MR) is 248 cm³/mol. The SMILES string of the molecule is CC/C=C\C/C=C\C/C=C\C/C=C\C/C=C\CCOCC(COP(=O)(O)OC1C(O)C(O)C(O)C(O)C1O)OC(=O)CCCCCCCCCCC/C=C\CCCCCCCC. The zero-order valence-corrected chi connectivity index (χ0v) is 39.0. The molecule has 13 heteroatoms. The summed E-state index contributed by atoms with van der Waals surface area (Å²) in [6, 6.07) is 0. The molecule has 1 aliphatic carbocycles. The van der Waals surface area contributed by atoms with Gasteiger partial charge in [-0.25, -0.2) is 4.57 Å². The van der Waals surface area contributed by atoms with Gasteiger partial charge >= 0.3 is 13.8 Å². The van der Waals surface area contributed by atoms with Gasteiger partial charge in [-0.15, -0.1) is 0 Å². The minimum atomic E-state index is -5.04. The van der Waals surface area contributed by atoms with Gasteiger partial charge in [0.15, 0.2) is 0 Å². The molecular weight excluding hydrogens is 812 g/mol. The van der Waals surface area contributed by atoms with Crippen LogP contribution in [-0.4, -0.2) is 98.9 Å². The Morgan fingerprint density at radius 2 is 0.952 bits per heavy atom. The smallest absolute Gasteiger partial charge is 0.457 e. The van der Waals surface area contributed by atoms with E-state index in [0.717, 1.165) is 51.4 Å². The zero-order valence-electron chi connectivity index (χ0n) is 38.1. The van der Waals surface area contributed by atoms with Crippen LogP contribution in [0.3, 0.4) is 0 Å². The number of phosphoric ester groups is 1. The first-order chi connectivity index (χ1) is 30.0. The Labute approximate surface area is 374 Å². The van der Waals surface area contributed by atoms with Crippen LogP contribution in [0.25, 0.3) is 0 Å². The van der Waals surface area contributed by atoms with Crippen molar-refractivity contribution in [2.75, 3.05) is 19.8 Å². The molecule has 358 valence electrons. The summed E-state index contributed by atoms with van der Waals surface area (Å²) >= 11 is 0. The molecule has 0 aliphatic heterocycles. The summed E-state index contributed by atoms with van der Waals surface area (Å²) in [4.78, 5) is 23.2. The highest BCUT2D eigenvalue weighted by Crippen LogP contribution is 2.47. The van der Waals surface area contributed by atoms with Gasteiger partial charge in [0.1, 0.15) is 42.7 Å². The Hall–Kier alpha value is -2.22. The fraction of sp³-hybridized carbons (Fsp3) is 0.735. The second-order valence-corrected chi connectivity index (χ2v) is 17.6. The van der Waals surface area contributed by atoms with E-state index in [0.29, 0.717) is 19.4 Å². The zero-order chi connectivity index (χ0) is 45.5. The molecule has 1 rings (SSSR count). The summed E-state index contributed by atoms with van der Waals surface area (Å²) in [6.45, 7) is 3.92. The van der Waals surface area contributed by atoms with Crippen LogP contribution in [0.15, 0.2) is 72.9 Å². The first kappa shape index (κ1) is 57.8. The number of allylic oxidation sites excluding steroid dienone is 11. The van der Waals surface area contributed by atoms with Crippen molar-refractivity contribution in [2.24, 2.45) is 0 Å². The normalized spacial score (nSPS) is 22.6. The van der Waals surface area contributed by atoms with Crippen molar-refractivity contribution in [2.45, 2.75) is 211 Å².